The molecule has 1 aromatic heterocycles. The number of aldehydes is 1. The summed E-state index contributed by atoms with van der Waals surface area (Å²) in [5.74, 6) is 0.847. The maximum Gasteiger partial charge on any atom is 0.446 e. The quantitative estimate of drug-likeness (QED) is 0.306. The molecule has 0 aliphatic heterocycles. The topological polar surface area (TPSA) is 48.5 Å². The second kappa shape index (κ2) is 18.4. The average Bonchev–Trinajstić information content (AvgIpc) is 2.82. The highest BCUT2D eigenvalue weighted by molar-refractivity contribution is 8.00. The molecule has 0 aliphatic carbocycles. The van der Waals surface area contributed by atoms with E-state index in [1.807, 2.05) is 65.7 Å². The molecule has 2 rings (SSSR count). The summed E-state index contributed by atoms with van der Waals surface area (Å²) < 4.78 is 36.2. The molecular formula is C24H38ClF3N4OS. The van der Waals surface area contributed by atoms with Crippen LogP contribution in [-0.2, 0) is 11.3 Å². The van der Waals surface area contributed by atoms with Crippen LogP contribution in [0.15, 0.2) is 41.4 Å². The monoisotopic (exact) mass is 522 g/mol. The van der Waals surface area contributed by atoms with Crippen molar-refractivity contribution in [2.24, 2.45) is 0 Å². The van der Waals surface area contributed by atoms with Gasteiger partial charge in [-0.2, -0.15) is 13.2 Å². The predicted molar refractivity (Wildman–Crippen MR) is 141 cm³/mol. The fraction of sp³-hybridized carbons (Fsp3) is 0.500. The number of hydrogen-bond donors (Lipinski definition) is 1. The summed E-state index contributed by atoms with van der Waals surface area (Å²) in [6.45, 7) is 10.6. The molecule has 1 unspecified atom stereocenters. The highest BCUT2D eigenvalue weighted by atomic mass is 35.5. The molecule has 0 saturated heterocycles. The van der Waals surface area contributed by atoms with Crippen LogP contribution in [0.4, 0.5) is 24.7 Å². The molecule has 1 heterocycles. The molecular weight excluding hydrogens is 485 g/mol. The third kappa shape index (κ3) is 14.3. The van der Waals surface area contributed by atoms with Crippen molar-refractivity contribution in [2.45, 2.75) is 57.6 Å². The Bertz CT molecular complexity index is 823. The van der Waals surface area contributed by atoms with Crippen molar-refractivity contribution in [3.8, 4) is 0 Å². The zero-order chi connectivity index (χ0) is 26.9. The number of benzene rings is 1. The van der Waals surface area contributed by atoms with Gasteiger partial charge in [0.2, 0.25) is 0 Å². The van der Waals surface area contributed by atoms with E-state index in [-0.39, 0.29) is 27.7 Å². The summed E-state index contributed by atoms with van der Waals surface area (Å²) in [7, 11) is 7.35. The number of anilines is 2. The second-order valence-corrected chi connectivity index (χ2v) is 8.16. The third-order valence-corrected chi connectivity index (χ3v) is 5.29. The smallest absolute Gasteiger partial charge is 0.378 e. The largest absolute Gasteiger partial charge is 0.446 e. The number of hydrogen-bond acceptors (Lipinski definition) is 6. The van der Waals surface area contributed by atoms with Crippen LogP contribution in [0.3, 0.4) is 0 Å². The number of aromatic nitrogens is 1. The zero-order valence-corrected chi connectivity index (χ0v) is 23.1. The Balaban J connectivity index is 0. The molecule has 1 N–H and O–H groups in total. The summed E-state index contributed by atoms with van der Waals surface area (Å²) in [6, 6.07) is 8.35. The van der Waals surface area contributed by atoms with Crippen molar-refractivity contribution in [2.75, 3.05) is 38.4 Å². The highest BCUT2D eigenvalue weighted by Gasteiger charge is 2.30. The molecule has 5 nitrogen and oxygen atoms in total. The van der Waals surface area contributed by atoms with E-state index in [0.29, 0.717) is 0 Å². The Morgan fingerprint density at radius 3 is 2.15 bits per heavy atom. The van der Waals surface area contributed by atoms with E-state index in [2.05, 4.69) is 10.3 Å². The molecule has 0 bridgehead atoms. The van der Waals surface area contributed by atoms with Gasteiger partial charge in [0.05, 0.1) is 11.1 Å². The van der Waals surface area contributed by atoms with Crippen LogP contribution in [0.25, 0.3) is 0 Å². The van der Waals surface area contributed by atoms with Gasteiger partial charge in [-0.3, -0.25) is 4.90 Å². The molecule has 1 aromatic carbocycles. The Morgan fingerprint density at radius 2 is 1.71 bits per heavy atom. The Labute approximate surface area is 212 Å². The Morgan fingerprint density at radius 1 is 1.12 bits per heavy atom. The number of likely N-dealkylation sites (N-methyl/N-ethyl adjacent to an activating group) is 1. The molecule has 0 saturated carbocycles. The number of pyridine rings is 1. The first kappa shape index (κ1) is 34.2. The van der Waals surface area contributed by atoms with Gasteiger partial charge in [-0.05, 0) is 61.6 Å². The summed E-state index contributed by atoms with van der Waals surface area (Å²) in [5.41, 5.74) is -2.39. The van der Waals surface area contributed by atoms with Crippen molar-refractivity contribution < 1.29 is 18.0 Å². The van der Waals surface area contributed by atoms with E-state index in [0.717, 1.165) is 29.9 Å². The lowest BCUT2D eigenvalue weighted by atomic mass is 10.2. The van der Waals surface area contributed by atoms with Gasteiger partial charge in [0.1, 0.15) is 12.1 Å². The van der Waals surface area contributed by atoms with Gasteiger partial charge in [-0.1, -0.05) is 39.3 Å². The van der Waals surface area contributed by atoms with Gasteiger partial charge in [0.25, 0.3) is 0 Å². The molecule has 34 heavy (non-hydrogen) atoms. The normalized spacial score (nSPS) is 11.0. The number of carbonyl (C=O) groups is 1. The fourth-order valence-electron chi connectivity index (χ4n) is 2.22. The number of halogens is 4. The lowest BCUT2D eigenvalue weighted by Crippen LogP contribution is -2.29. The van der Waals surface area contributed by atoms with Crippen molar-refractivity contribution >= 4 is 41.2 Å². The van der Waals surface area contributed by atoms with Crippen LogP contribution in [0.1, 0.15) is 40.2 Å². The lowest BCUT2D eigenvalue weighted by molar-refractivity contribution is -0.111. The molecule has 2 aromatic rings. The molecule has 194 valence electrons. The average molecular weight is 523 g/mol. The van der Waals surface area contributed by atoms with Gasteiger partial charge < -0.3 is 15.0 Å². The molecule has 0 radical (unpaired) electrons. The second-order valence-electron chi connectivity index (χ2n) is 6.65. The minimum absolute atomic E-state index is 0.0229. The number of rotatable bonds is 7. The first-order chi connectivity index (χ1) is 16.0. The SMILES string of the molecule is CC.CC.CN(C)c1ccc(SC(F)(F)F)c(Cl)c1.CNc1cc(CN(C)C(C)C=O)ccn1. The molecule has 0 amide bonds. The molecule has 1 atom stereocenters. The zero-order valence-electron chi connectivity index (χ0n) is 21.5. The van der Waals surface area contributed by atoms with Crippen LogP contribution in [0, 0.1) is 0 Å². The maximum absolute atomic E-state index is 12.1. The maximum atomic E-state index is 12.1. The van der Waals surface area contributed by atoms with Gasteiger partial charge >= 0.3 is 5.51 Å². The number of alkyl halides is 3. The van der Waals surface area contributed by atoms with Crippen LogP contribution >= 0.6 is 23.4 Å². The minimum atomic E-state index is -4.30. The van der Waals surface area contributed by atoms with Crippen LogP contribution in [0.2, 0.25) is 5.02 Å². The molecule has 0 fully saturated rings. The van der Waals surface area contributed by atoms with Gasteiger partial charge in [0.15, 0.2) is 0 Å². The predicted octanol–water partition coefficient (Wildman–Crippen LogP) is 7.21. The number of carbonyl (C=O) groups excluding carboxylic acids is 1. The Hall–Kier alpha value is -1.97. The Kier molecular flexibility index (Phi) is 18.5. The standard InChI is InChI=1S/C11H17N3O.C9H9ClF3NS.2C2H6/c1-9(8-15)14(3)7-10-4-5-13-11(6-10)12-2;1-14(2)6-3-4-8(7(10)5-6)15-9(11,12)13;2*1-2/h4-6,8-9H,7H2,1-3H3,(H,12,13);3-5H,1-2H3;2*1-2H3. The molecule has 0 aliphatic rings. The number of thioether (sulfide) groups is 1. The fourth-order valence-corrected chi connectivity index (χ4v) is 3.05. The van der Waals surface area contributed by atoms with Crippen molar-refractivity contribution in [1.29, 1.82) is 0 Å². The molecule has 0 spiro atoms. The van der Waals surface area contributed by atoms with E-state index in [4.69, 9.17) is 11.6 Å². The highest BCUT2D eigenvalue weighted by Crippen LogP contribution is 2.41. The van der Waals surface area contributed by atoms with Gasteiger partial charge in [-0.15, -0.1) is 0 Å². The summed E-state index contributed by atoms with van der Waals surface area (Å²) in [5, 5.41) is 3.10. The summed E-state index contributed by atoms with van der Waals surface area (Å²) in [4.78, 5) is 18.5. The van der Waals surface area contributed by atoms with Crippen LogP contribution < -0.4 is 10.2 Å². The first-order valence-electron chi connectivity index (χ1n) is 11.0. The lowest BCUT2D eigenvalue weighted by Gasteiger charge is -2.19. The molecule has 10 heteroatoms. The van der Waals surface area contributed by atoms with E-state index < -0.39 is 5.51 Å². The van der Waals surface area contributed by atoms with Crippen molar-refractivity contribution in [1.82, 2.24) is 9.88 Å². The minimum Gasteiger partial charge on any atom is -0.378 e. The van der Waals surface area contributed by atoms with Crippen LogP contribution in [0.5, 0.6) is 0 Å². The number of nitrogens with one attached hydrogen (secondary N) is 1. The van der Waals surface area contributed by atoms with Crippen molar-refractivity contribution in [3.05, 3.63) is 47.1 Å². The first-order valence-corrected chi connectivity index (χ1v) is 12.2. The van der Waals surface area contributed by atoms with E-state index in [9.17, 15) is 18.0 Å². The van der Waals surface area contributed by atoms with E-state index in [1.54, 1.807) is 31.3 Å². The van der Waals surface area contributed by atoms with E-state index in [1.165, 1.54) is 12.1 Å². The van der Waals surface area contributed by atoms with Crippen LogP contribution in [-0.4, -0.2) is 55.9 Å². The summed E-state index contributed by atoms with van der Waals surface area (Å²) >= 11 is 5.53. The summed E-state index contributed by atoms with van der Waals surface area (Å²) in [6.07, 6.45) is 2.71. The van der Waals surface area contributed by atoms with E-state index >= 15 is 0 Å². The third-order valence-electron chi connectivity index (χ3n) is 4.06. The van der Waals surface area contributed by atoms with Gasteiger partial charge in [0, 0.05) is 44.5 Å². The van der Waals surface area contributed by atoms with Gasteiger partial charge in [-0.25, -0.2) is 4.98 Å². The number of nitrogens with zero attached hydrogens (tertiary/aromatic N) is 3. The van der Waals surface area contributed by atoms with Crippen molar-refractivity contribution in [3.63, 3.8) is 0 Å².